The van der Waals surface area contributed by atoms with Gasteiger partial charge in [0, 0.05) is 19.3 Å². The summed E-state index contributed by atoms with van der Waals surface area (Å²) in [5, 5.41) is 59.8. The van der Waals surface area contributed by atoms with Crippen LogP contribution in [0.25, 0.3) is 0 Å². The molecule has 122 valence electrons. The normalized spacial score (nSPS) is 35.8. The van der Waals surface area contributed by atoms with E-state index < -0.39 is 67.2 Å². The van der Waals surface area contributed by atoms with E-state index in [0.29, 0.717) is 0 Å². The fourth-order valence-electron chi connectivity index (χ4n) is 2.70. The van der Waals surface area contributed by atoms with Gasteiger partial charge in [0.15, 0.2) is 5.60 Å². The van der Waals surface area contributed by atoms with Crippen LogP contribution in [0.1, 0.15) is 19.8 Å². The predicted octanol–water partition coefficient (Wildman–Crippen LogP) is -3.21. The molecule has 9 heteroatoms. The summed E-state index contributed by atoms with van der Waals surface area (Å²) in [6, 6.07) is -1.04. The first-order valence-corrected chi connectivity index (χ1v) is 6.50. The van der Waals surface area contributed by atoms with Crippen molar-refractivity contribution in [2.45, 2.75) is 49.7 Å². The molecular weight excluding hydrogens is 286 g/mol. The highest BCUT2D eigenvalue weighted by atomic mass is 16.4. The number of carboxylic acids is 1. The molecule has 0 bridgehead atoms. The highest BCUT2D eigenvalue weighted by molar-refractivity contribution is 5.78. The molecule has 0 aromatic rings. The Kier molecular flexibility index (Phi) is 5.65. The average Bonchev–Trinajstić information content (AvgIpc) is 2.39. The summed E-state index contributed by atoms with van der Waals surface area (Å²) in [4.78, 5) is 22.3. The third kappa shape index (κ3) is 3.89. The molecule has 1 aliphatic rings. The van der Waals surface area contributed by atoms with Gasteiger partial charge in [0.25, 0.3) is 0 Å². The van der Waals surface area contributed by atoms with Gasteiger partial charge in [-0.3, -0.25) is 4.79 Å². The number of aliphatic hydroxyl groups excluding tert-OH is 4. The number of aliphatic carboxylic acids is 1. The molecule has 0 radical (unpaired) electrons. The fraction of sp³-hybridized carbons (Fsp3) is 0.833. The van der Waals surface area contributed by atoms with Gasteiger partial charge >= 0.3 is 5.97 Å². The van der Waals surface area contributed by atoms with Crippen LogP contribution in [0, 0.1) is 5.92 Å². The van der Waals surface area contributed by atoms with E-state index >= 15 is 0 Å². The monoisotopic (exact) mass is 307 g/mol. The third-order valence-corrected chi connectivity index (χ3v) is 3.78. The first kappa shape index (κ1) is 17.8. The number of amides is 1. The lowest BCUT2D eigenvalue weighted by Gasteiger charge is -2.44. The standard InChI is InChI=1S/C12H21NO8/c1-5(15)13-9-6(10(18)8(17)4-14)2-12(21,11(19)20)3-7(9)16/h6-10,14,16-18,21H,2-4H2,1H3,(H,13,15)(H,19,20)/t6-,7-,8-,9+,10+,12-/m1/s1. The molecule has 0 aromatic heterocycles. The van der Waals surface area contributed by atoms with Crippen molar-refractivity contribution in [3.8, 4) is 0 Å². The Bertz CT molecular complexity index is 403. The van der Waals surface area contributed by atoms with Crippen molar-refractivity contribution >= 4 is 11.9 Å². The topological polar surface area (TPSA) is 168 Å². The van der Waals surface area contributed by atoms with Gasteiger partial charge in [-0.1, -0.05) is 0 Å². The zero-order valence-corrected chi connectivity index (χ0v) is 11.5. The number of carbonyl (C=O) groups is 2. The lowest BCUT2D eigenvalue weighted by Crippen LogP contribution is -2.62. The largest absolute Gasteiger partial charge is 0.479 e. The first-order valence-electron chi connectivity index (χ1n) is 6.50. The number of hydrogen-bond donors (Lipinski definition) is 7. The Hall–Kier alpha value is -1.26. The van der Waals surface area contributed by atoms with E-state index in [1.807, 2.05) is 0 Å². The molecule has 1 fully saturated rings. The second-order valence-electron chi connectivity index (χ2n) is 5.44. The number of nitrogens with one attached hydrogen (secondary N) is 1. The van der Waals surface area contributed by atoms with E-state index in [1.54, 1.807) is 0 Å². The SMILES string of the molecule is CC(=O)N[C@H]1[C@H]([C@H](O)[C@H](O)CO)C[C@](O)(C(=O)O)C[C@H]1O. The van der Waals surface area contributed by atoms with E-state index in [2.05, 4.69) is 5.32 Å². The maximum absolute atomic E-state index is 11.2. The van der Waals surface area contributed by atoms with Crippen LogP contribution < -0.4 is 5.32 Å². The van der Waals surface area contributed by atoms with Gasteiger partial charge in [-0.2, -0.15) is 0 Å². The lowest BCUT2D eigenvalue weighted by atomic mass is 9.70. The molecule has 1 rings (SSSR count). The van der Waals surface area contributed by atoms with E-state index in [9.17, 15) is 30.0 Å². The number of carboxylic acid groups (broad SMARTS) is 1. The number of carbonyl (C=O) groups excluding carboxylic acids is 1. The predicted molar refractivity (Wildman–Crippen MR) is 68.0 cm³/mol. The summed E-state index contributed by atoms with van der Waals surface area (Å²) in [6.07, 6.45) is -5.63. The van der Waals surface area contributed by atoms with Crippen LogP contribution in [0.2, 0.25) is 0 Å². The summed E-state index contributed by atoms with van der Waals surface area (Å²) in [5.41, 5.74) is -2.28. The maximum Gasteiger partial charge on any atom is 0.335 e. The molecule has 0 aromatic carbocycles. The highest BCUT2D eigenvalue weighted by Crippen LogP contribution is 2.36. The third-order valence-electron chi connectivity index (χ3n) is 3.78. The Morgan fingerprint density at radius 3 is 2.33 bits per heavy atom. The summed E-state index contributed by atoms with van der Waals surface area (Å²) in [7, 11) is 0. The Labute approximate surface area is 120 Å². The molecule has 0 aliphatic heterocycles. The van der Waals surface area contributed by atoms with E-state index in [-0.39, 0.29) is 0 Å². The smallest absolute Gasteiger partial charge is 0.335 e. The molecule has 21 heavy (non-hydrogen) atoms. The molecule has 1 amide bonds. The zero-order chi connectivity index (χ0) is 16.4. The molecular formula is C12H21NO8. The molecule has 7 N–H and O–H groups in total. The van der Waals surface area contributed by atoms with Gasteiger partial charge in [-0.05, 0) is 6.42 Å². The second kappa shape index (κ2) is 6.67. The Balaban J connectivity index is 3.07. The zero-order valence-electron chi connectivity index (χ0n) is 11.5. The second-order valence-corrected chi connectivity index (χ2v) is 5.44. The van der Waals surface area contributed by atoms with Crippen LogP contribution in [-0.4, -0.2) is 79.1 Å². The number of hydrogen-bond acceptors (Lipinski definition) is 7. The molecule has 1 saturated carbocycles. The van der Waals surface area contributed by atoms with Crippen LogP contribution in [0.3, 0.4) is 0 Å². The average molecular weight is 307 g/mol. The summed E-state index contributed by atoms with van der Waals surface area (Å²) < 4.78 is 0. The van der Waals surface area contributed by atoms with E-state index in [0.717, 1.165) is 0 Å². The number of rotatable bonds is 5. The van der Waals surface area contributed by atoms with Crippen LogP contribution in [0.15, 0.2) is 0 Å². The van der Waals surface area contributed by atoms with Crippen molar-refractivity contribution in [3.63, 3.8) is 0 Å². The van der Waals surface area contributed by atoms with Crippen LogP contribution in [0.4, 0.5) is 0 Å². The molecule has 0 unspecified atom stereocenters. The molecule has 0 heterocycles. The Morgan fingerprint density at radius 1 is 1.33 bits per heavy atom. The lowest BCUT2D eigenvalue weighted by molar-refractivity contribution is -0.178. The summed E-state index contributed by atoms with van der Waals surface area (Å²) >= 11 is 0. The minimum Gasteiger partial charge on any atom is -0.479 e. The van der Waals surface area contributed by atoms with Gasteiger partial charge < -0.3 is 36.0 Å². The summed E-state index contributed by atoms with van der Waals surface area (Å²) in [6.45, 7) is 0.392. The van der Waals surface area contributed by atoms with Crippen LogP contribution >= 0.6 is 0 Å². The van der Waals surface area contributed by atoms with Crippen molar-refractivity contribution in [2.75, 3.05) is 6.61 Å². The quantitative estimate of drug-likeness (QED) is 0.278. The first-order chi connectivity index (χ1) is 9.62. The van der Waals surface area contributed by atoms with Gasteiger partial charge in [0.1, 0.15) is 6.10 Å². The Morgan fingerprint density at radius 2 is 1.90 bits per heavy atom. The highest BCUT2D eigenvalue weighted by Gasteiger charge is 2.52. The van der Waals surface area contributed by atoms with Crippen molar-refractivity contribution in [3.05, 3.63) is 0 Å². The minimum absolute atomic E-state index is 0.484. The molecule has 9 nitrogen and oxygen atoms in total. The molecule has 0 spiro atoms. The van der Waals surface area contributed by atoms with Crippen LogP contribution in [-0.2, 0) is 9.59 Å². The fourth-order valence-corrected chi connectivity index (χ4v) is 2.70. The molecule has 0 saturated heterocycles. The minimum atomic E-state index is -2.28. The molecule has 1 aliphatic carbocycles. The van der Waals surface area contributed by atoms with Crippen molar-refractivity contribution < 1.29 is 40.2 Å². The van der Waals surface area contributed by atoms with E-state index in [1.165, 1.54) is 6.92 Å². The van der Waals surface area contributed by atoms with Gasteiger partial charge in [-0.15, -0.1) is 0 Å². The number of aliphatic hydroxyl groups is 5. The van der Waals surface area contributed by atoms with Crippen molar-refractivity contribution in [2.24, 2.45) is 5.92 Å². The van der Waals surface area contributed by atoms with Crippen molar-refractivity contribution in [1.29, 1.82) is 0 Å². The van der Waals surface area contributed by atoms with Gasteiger partial charge in [-0.25, -0.2) is 4.79 Å². The summed E-state index contributed by atoms with van der Waals surface area (Å²) in [5.74, 6) is -3.23. The van der Waals surface area contributed by atoms with Crippen LogP contribution in [0.5, 0.6) is 0 Å². The van der Waals surface area contributed by atoms with Gasteiger partial charge in [0.05, 0.1) is 24.9 Å². The van der Waals surface area contributed by atoms with Gasteiger partial charge in [0.2, 0.25) is 5.91 Å². The van der Waals surface area contributed by atoms with E-state index in [4.69, 9.17) is 10.2 Å². The maximum atomic E-state index is 11.2. The van der Waals surface area contributed by atoms with Crippen molar-refractivity contribution in [1.82, 2.24) is 5.32 Å². The molecule has 6 atom stereocenters.